The number of anilines is 1. The van der Waals surface area contributed by atoms with E-state index in [1.807, 2.05) is 26.0 Å². The molecule has 0 unspecified atom stereocenters. The molecule has 0 saturated carbocycles. The summed E-state index contributed by atoms with van der Waals surface area (Å²) in [7, 11) is -4.01. The van der Waals surface area contributed by atoms with Crippen LogP contribution in [0.25, 0.3) is 0 Å². The number of hydrogen-bond donors (Lipinski definition) is 0. The van der Waals surface area contributed by atoms with Crippen LogP contribution in [0.5, 0.6) is 0 Å². The van der Waals surface area contributed by atoms with E-state index in [0.717, 1.165) is 15.4 Å². The van der Waals surface area contributed by atoms with Crippen LogP contribution >= 0.6 is 11.6 Å². The molecule has 6 heteroatoms. The summed E-state index contributed by atoms with van der Waals surface area (Å²) >= 11 is 5.84. The maximum absolute atomic E-state index is 13.1. The molecular weight excluding hydrogens is 346 g/mol. The quantitative estimate of drug-likeness (QED) is 0.785. The summed E-state index contributed by atoms with van der Waals surface area (Å²) in [6, 6.07) is 11.2. The zero-order chi connectivity index (χ0) is 17.9. The Kier molecular flexibility index (Phi) is 5.67. The van der Waals surface area contributed by atoms with Crippen LogP contribution in [-0.2, 0) is 14.8 Å². The Labute approximate surface area is 148 Å². The van der Waals surface area contributed by atoms with E-state index in [9.17, 15) is 13.2 Å². The van der Waals surface area contributed by atoms with E-state index in [1.165, 1.54) is 24.3 Å². The van der Waals surface area contributed by atoms with E-state index in [-0.39, 0.29) is 11.3 Å². The number of hydrogen-bond acceptors (Lipinski definition) is 3. The van der Waals surface area contributed by atoms with Gasteiger partial charge in [-0.15, -0.1) is 0 Å². The zero-order valence-corrected chi connectivity index (χ0v) is 15.5. The van der Waals surface area contributed by atoms with Gasteiger partial charge in [-0.2, -0.15) is 0 Å². The third-order valence-corrected chi connectivity index (χ3v) is 5.63. The Morgan fingerprint density at radius 2 is 1.71 bits per heavy atom. The molecule has 24 heavy (non-hydrogen) atoms. The highest BCUT2D eigenvalue weighted by molar-refractivity contribution is 7.93. The van der Waals surface area contributed by atoms with Gasteiger partial charge in [-0.3, -0.25) is 4.79 Å². The van der Waals surface area contributed by atoms with E-state index >= 15 is 0 Å². The molecule has 2 aromatic carbocycles. The maximum atomic E-state index is 13.1. The van der Waals surface area contributed by atoms with Gasteiger partial charge in [0.05, 0.1) is 10.6 Å². The Hall–Kier alpha value is -1.85. The highest BCUT2D eigenvalue weighted by atomic mass is 35.5. The van der Waals surface area contributed by atoms with Gasteiger partial charge < -0.3 is 0 Å². The minimum atomic E-state index is -4.01. The summed E-state index contributed by atoms with van der Waals surface area (Å²) in [6.07, 6.45) is 0.719. The normalized spacial score (nSPS) is 11.3. The molecule has 128 valence electrons. The molecule has 0 fully saturated rings. The summed E-state index contributed by atoms with van der Waals surface area (Å²) < 4.78 is 27.1. The van der Waals surface area contributed by atoms with Crippen molar-refractivity contribution in [1.29, 1.82) is 0 Å². The van der Waals surface area contributed by atoms with Crippen LogP contribution in [0.3, 0.4) is 0 Å². The number of carbonyl (C=O) groups excluding carboxylic acids is 1. The summed E-state index contributed by atoms with van der Waals surface area (Å²) in [5, 5.41) is 0.437. The van der Waals surface area contributed by atoms with E-state index in [2.05, 4.69) is 0 Å². The lowest BCUT2D eigenvalue weighted by Crippen LogP contribution is -2.37. The minimum Gasteiger partial charge on any atom is -0.273 e. The van der Waals surface area contributed by atoms with Gasteiger partial charge in [0.15, 0.2) is 0 Å². The fraction of sp³-hybridized carbons (Fsp3) is 0.278. The molecule has 0 heterocycles. The van der Waals surface area contributed by atoms with Crippen molar-refractivity contribution in [1.82, 2.24) is 0 Å². The second-order valence-electron chi connectivity index (χ2n) is 5.66. The molecule has 0 aromatic heterocycles. The van der Waals surface area contributed by atoms with Crippen molar-refractivity contribution < 1.29 is 13.2 Å². The molecule has 0 spiro atoms. The molecule has 2 aromatic rings. The van der Waals surface area contributed by atoms with Crippen LogP contribution in [0, 0.1) is 13.8 Å². The lowest BCUT2D eigenvalue weighted by atomic mass is 10.1. The van der Waals surface area contributed by atoms with Crippen molar-refractivity contribution in [3.63, 3.8) is 0 Å². The molecule has 0 aliphatic carbocycles. The van der Waals surface area contributed by atoms with E-state index in [4.69, 9.17) is 11.6 Å². The summed E-state index contributed by atoms with van der Waals surface area (Å²) in [6.45, 7) is 5.49. The first-order valence-corrected chi connectivity index (χ1v) is 9.50. The lowest BCUT2D eigenvalue weighted by molar-refractivity contribution is -0.117. The van der Waals surface area contributed by atoms with E-state index in [0.29, 0.717) is 17.1 Å². The molecule has 0 bridgehead atoms. The van der Waals surface area contributed by atoms with Crippen molar-refractivity contribution in [3.8, 4) is 0 Å². The Balaban J connectivity index is 2.64. The number of aryl methyl sites for hydroxylation is 2. The van der Waals surface area contributed by atoms with Gasteiger partial charge in [0.2, 0.25) is 5.91 Å². The first-order valence-electron chi connectivity index (χ1n) is 7.68. The van der Waals surface area contributed by atoms with Gasteiger partial charge in [-0.25, -0.2) is 12.7 Å². The average molecular weight is 366 g/mol. The second kappa shape index (κ2) is 7.36. The van der Waals surface area contributed by atoms with Crippen molar-refractivity contribution in [3.05, 3.63) is 58.6 Å². The molecule has 2 rings (SSSR count). The molecule has 0 aliphatic heterocycles. The Morgan fingerprint density at radius 3 is 2.29 bits per heavy atom. The standard InChI is InChI=1S/C18H20ClNO3S/c1-4-5-18(21)20(17-12-13(2)6-7-14(17)3)24(22,23)16-10-8-15(19)9-11-16/h6-12H,4-5H2,1-3H3. The first-order chi connectivity index (χ1) is 11.3. The van der Waals surface area contributed by atoms with Gasteiger partial charge in [-0.1, -0.05) is 30.7 Å². The molecule has 0 aliphatic rings. The molecule has 0 radical (unpaired) electrons. The van der Waals surface area contributed by atoms with Gasteiger partial charge in [-0.05, 0) is 61.7 Å². The number of nitrogens with zero attached hydrogens (tertiary/aromatic N) is 1. The first kappa shape index (κ1) is 18.5. The Bertz CT molecular complexity index is 845. The summed E-state index contributed by atoms with van der Waals surface area (Å²) in [5.41, 5.74) is 2.00. The Morgan fingerprint density at radius 1 is 1.08 bits per heavy atom. The van der Waals surface area contributed by atoms with Gasteiger partial charge in [0.25, 0.3) is 10.0 Å². The number of halogens is 1. The summed E-state index contributed by atoms with van der Waals surface area (Å²) in [5.74, 6) is -0.443. The predicted molar refractivity (Wildman–Crippen MR) is 96.9 cm³/mol. The van der Waals surface area contributed by atoms with Crippen LogP contribution in [0.15, 0.2) is 47.4 Å². The highest BCUT2D eigenvalue weighted by Gasteiger charge is 2.31. The predicted octanol–water partition coefficient (Wildman–Crippen LogP) is 4.48. The van der Waals surface area contributed by atoms with Crippen molar-refractivity contribution in [2.45, 2.75) is 38.5 Å². The molecular formula is C18H20ClNO3S. The van der Waals surface area contributed by atoms with Gasteiger partial charge in [0.1, 0.15) is 0 Å². The molecule has 0 saturated heterocycles. The van der Waals surface area contributed by atoms with Crippen molar-refractivity contribution in [2.75, 3.05) is 4.31 Å². The number of rotatable bonds is 5. The molecule has 0 N–H and O–H groups in total. The van der Waals surface area contributed by atoms with E-state index < -0.39 is 15.9 Å². The second-order valence-corrected chi connectivity index (χ2v) is 7.88. The van der Waals surface area contributed by atoms with Crippen LogP contribution in [0.1, 0.15) is 30.9 Å². The topological polar surface area (TPSA) is 54.5 Å². The van der Waals surface area contributed by atoms with Crippen molar-refractivity contribution >= 4 is 33.2 Å². The number of sulfonamides is 1. The average Bonchev–Trinajstić information content (AvgIpc) is 2.51. The fourth-order valence-corrected chi connectivity index (χ4v) is 4.00. The number of amides is 1. The number of benzene rings is 2. The maximum Gasteiger partial charge on any atom is 0.270 e. The van der Waals surface area contributed by atoms with Crippen LogP contribution < -0.4 is 4.31 Å². The molecule has 0 atom stereocenters. The summed E-state index contributed by atoms with van der Waals surface area (Å²) in [4.78, 5) is 12.7. The monoisotopic (exact) mass is 365 g/mol. The largest absolute Gasteiger partial charge is 0.273 e. The van der Waals surface area contributed by atoms with Crippen LogP contribution in [0.4, 0.5) is 5.69 Å². The van der Waals surface area contributed by atoms with Crippen molar-refractivity contribution in [2.24, 2.45) is 0 Å². The number of carbonyl (C=O) groups is 1. The molecule has 1 amide bonds. The zero-order valence-electron chi connectivity index (χ0n) is 13.9. The van der Waals surface area contributed by atoms with E-state index in [1.54, 1.807) is 13.0 Å². The molecule has 4 nitrogen and oxygen atoms in total. The van der Waals surface area contributed by atoms with Gasteiger partial charge >= 0.3 is 0 Å². The third kappa shape index (κ3) is 3.79. The third-order valence-electron chi connectivity index (χ3n) is 3.63. The van der Waals surface area contributed by atoms with Gasteiger partial charge in [0, 0.05) is 11.4 Å². The minimum absolute atomic E-state index is 0.0391. The highest BCUT2D eigenvalue weighted by Crippen LogP contribution is 2.29. The fourth-order valence-electron chi connectivity index (χ4n) is 2.36. The van der Waals surface area contributed by atoms with Crippen LogP contribution in [-0.4, -0.2) is 14.3 Å². The van der Waals surface area contributed by atoms with Crippen LogP contribution in [0.2, 0.25) is 5.02 Å². The smallest absolute Gasteiger partial charge is 0.270 e. The SMILES string of the molecule is CCCC(=O)N(c1cc(C)ccc1C)S(=O)(=O)c1ccc(Cl)cc1. The lowest BCUT2D eigenvalue weighted by Gasteiger charge is -2.24.